The molecule has 6 rings (SSSR count). The van der Waals surface area contributed by atoms with Crippen LogP contribution in [0.1, 0.15) is 34.1 Å². The Bertz CT molecular complexity index is 1530. The van der Waals surface area contributed by atoms with E-state index in [4.69, 9.17) is 9.15 Å². The van der Waals surface area contributed by atoms with Crippen molar-refractivity contribution in [3.8, 4) is 5.75 Å². The van der Waals surface area contributed by atoms with Crippen LogP contribution in [0.2, 0.25) is 0 Å². The van der Waals surface area contributed by atoms with Gasteiger partial charge in [-0.05, 0) is 41.5 Å². The minimum atomic E-state index is -0.520. The van der Waals surface area contributed by atoms with Gasteiger partial charge in [-0.3, -0.25) is 14.6 Å². The Balaban J connectivity index is 1.68. The lowest BCUT2D eigenvalue weighted by molar-refractivity contribution is -0.128. The molecule has 1 unspecified atom stereocenters. The van der Waals surface area contributed by atoms with Crippen molar-refractivity contribution in [2.24, 2.45) is 0 Å². The highest BCUT2D eigenvalue weighted by Crippen LogP contribution is 2.42. The lowest BCUT2D eigenvalue weighted by atomic mass is 9.87. The number of hydrogen-bond donors (Lipinski definition) is 1. The number of benzene rings is 2. The van der Waals surface area contributed by atoms with Crippen LogP contribution in [0.25, 0.3) is 22.6 Å². The van der Waals surface area contributed by atoms with Crippen molar-refractivity contribution in [3.63, 3.8) is 0 Å². The van der Waals surface area contributed by atoms with Crippen LogP contribution in [0.3, 0.4) is 0 Å². The van der Waals surface area contributed by atoms with Crippen molar-refractivity contribution in [2.45, 2.75) is 5.92 Å². The van der Waals surface area contributed by atoms with Gasteiger partial charge in [-0.1, -0.05) is 30.3 Å². The summed E-state index contributed by atoms with van der Waals surface area (Å²) in [5.41, 5.74) is 3.01. The molecule has 2 aromatic heterocycles. The lowest BCUT2D eigenvalue weighted by Crippen LogP contribution is -2.41. The fourth-order valence-electron chi connectivity index (χ4n) is 4.88. The second kappa shape index (κ2) is 8.52. The molecule has 1 amide bonds. The lowest BCUT2D eigenvalue weighted by Gasteiger charge is -2.28. The summed E-state index contributed by atoms with van der Waals surface area (Å²) in [5, 5.41) is 10.4. The summed E-state index contributed by atoms with van der Waals surface area (Å²) in [6, 6.07) is 17.7. The largest absolute Gasteiger partial charge is 0.508 e. The summed E-state index contributed by atoms with van der Waals surface area (Å²) in [5.74, 6) is -0.279. The van der Waals surface area contributed by atoms with E-state index in [1.54, 1.807) is 23.2 Å². The van der Waals surface area contributed by atoms with E-state index in [1.165, 1.54) is 12.1 Å². The average Bonchev–Trinajstić information content (AvgIpc) is 3.04. The number of carbonyl (C=O) groups is 1. The van der Waals surface area contributed by atoms with E-state index in [2.05, 4.69) is 4.98 Å². The topological polar surface area (TPSA) is 92.9 Å². The summed E-state index contributed by atoms with van der Waals surface area (Å²) >= 11 is 0. The molecule has 0 spiro atoms. The molecule has 1 fully saturated rings. The third-order valence-corrected chi connectivity index (χ3v) is 6.56. The summed E-state index contributed by atoms with van der Waals surface area (Å²) in [6.45, 7) is 1.93. The van der Waals surface area contributed by atoms with E-state index < -0.39 is 5.92 Å². The molecule has 7 nitrogen and oxygen atoms in total. The Hall–Kier alpha value is -4.23. The van der Waals surface area contributed by atoms with E-state index in [-0.39, 0.29) is 22.7 Å². The third-order valence-electron chi connectivity index (χ3n) is 6.56. The fourth-order valence-corrected chi connectivity index (χ4v) is 4.88. The number of nitrogens with zero attached hydrogens (tertiary/aromatic N) is 2. The first-order valence-electron chi connectivity index (χ1n) is 11.5. The monoisotopic (exact) mass is 466 g/mol. The number of pyridine rings is 1. The predicted molar refractivity (Wildman–Crippen MR) is 131 cm³/mol. The average molecular weight is 466 g/mol. The zero-order valence-electron chi connectivity index (χ0n) is 18.8. The maximum Gasteiger partial charge on any atom is 0.254 e. The maximum absolute atomic E-state index is 13.8. The standard InChI is InChI=1S/C28H22N2O5/c31-17-8-9-20-24(15-17)35-27-22(26(20)32)16-21(28(33)30-11-13-34-14-12-30)18-5-1-2-6-19(18)25(27)23-7-3-4-10-29-23/h1-10,15-16,25,31H,11-14H2. The zero-order valence-corrected chi connectivity index (χ0v) is 18.8. The Kier molecular flexibility index (Phi) is 5.19. The number of carbonyl (C=O) groups excluding carboxylic acids is 1. The van der Waals surface area contributed by atoms with Gasteiger partial charge >= 0.3 is 0 Å². The molecule has 1 saturated heterocycles. The fraction of sp³-hybridized carbons (Fsp3) is 0.179. The first-order valence-corrected chi connectivity index (χ1v) is 11.5. The summed E-state index contributed by atoms with van der Waals surface area (Å²) in [6.07, 6.45) is 3.35. The molecule has 0 bridgehead atoms. The number of phenolic OH excluding ortho intramolecular Hbond substituents is 1. The molecule has 174 valence electrons. The van der Waals surface area contributed by atoms with Crippen LogP contribution in [0.5, 0.6) is 5.75 Å². The van der Waals surface area contributed by atoms with Gasteiger partial charge < -0.3 is 19.2 Å². The van der Waals surface area contributed by atoms with E-state index in [1.807, 2.05) is 42.5 Å². The van der Waals surface area contributed by atoms with Crippen molar-refractivity contribution in [1.82, 2.24) is 9.88 Å². The first kappa shape index (κ1) is 21.3. The van der Waals surface area contributed by atoms with Gasteiger partial charge in [-0.15, -0.1) is 0 Å². The second-order valence-corrected chi connectivity index (χ2v) is 8.63. The van der Waals surface area contributed by atoms with Crippen LogP contribution in [0, 0.1) is 0 Å². The second-order valence-electron chi connectivity index (χ2n) is 8.63. The van der Waals surface area contributed by atoms with E-state index in [0.717, 1.165) is 11.1 Å². The van der Waals surface area contributed by atoms with Gasteiger partial charge in [0.2, 0.25) is 0 Å². The highest BCUT2D eigenvalue weighted by Gasteiger charge is 2.34. The zero-order chi connectivity index (χ0) is 23.9. The minimum absolute atomic E-state index is 0.00253. The minimum Gasteiger partial charge on any atom is -0.508 e. The molecule has 7 heteroatoms. The molecule has 0 radical (unpaired) electrons. The normalized spacial score (nSPS) is 17.3. The number of phenols is 1. The molecule has 35 heavy (non-hydrogen) atoms. The number of rotatable bonds is 2. The molecule has 4 aromatic rings. The van der Waals surface area contributed by atoms with Crippen LogP contribution in [-0.2, 0) is 9.53 Å². The molecule has 0 saturated carbocycles. The van der Waals surface area contributed by atoms with Gasteiger partial charge in [0.05, 0.1) is 35.8 Å². The molecular weight excluding hydrogens is 444 g/mol. The van der Waals surface area contributed by atoms with Gasteiger partial charge in [0.1, 0.15) is 17.1 Å². The SMILES string of the molecule is O=C(C1=Cc2c(oc3cc(O)ccc3c2=O)C(c2ccccn2)c2ccccc21)N1CCOCC1. The highest BCUT2D eigenvalue weighted by molar-refractivity contribution is 6.25. The highest BCUT2D eigenvalue weighted by atomic mass is 16.5. The van der Waals surface area contributed by atoms with Crippen molar-refractivity contribution in [3.05, 3.63) is 105 Å². The number of aromatic nitrogens is 1. The molecule has 1 atom stereocenters. The van der Waals surface area contributed by atoms with Crippen molar-refractivity contribution < 1.29 is 19.1 Å². The van der Waals surface area contributed by atoms with Crippen molar-refractivity contribution >= 4 is 28.5 Å². The summed E-state index contributed by atoms with van der Waals surface area (Å²) in [7, 11) is 0. The smallest absolute Gasteiger partial charge is 0.254 e. The van der Waals surface area contributed by atoms with Gasteiger partial charge in [0, 0.05) is 30.9 Å². The number of fused-ring (bicyclic) bond motifs is 3. The number of morpholine rings is 1. The predicted octanol–water partition coefficient (Wildman–Crippen LogP) is 3.79. The third kappa shape index (κ3) is 3.61. The van der Waals surface area contributed by atoms with Crippen LogP contribution >= 0.6 is 0 Å². The van der Waals surface area contributed by atoms with Gasteiger partial charge in [0.25, 0.3) is 5.91 Å². The molecule has 1 aliphatic carbocycles. The molecule has 2 aromatic carbocycles. The van der Waals surface area contributed by atoms with Crippen LogP contribution < -0.4 is 5.43 Å². The van der Waals surface area contributed by atoms with E-state index in [0.29, 0.717) is 54.3 Å². The number of amides is 1. The van der Waals surface area contributed by atoms with Gasteiger partial charge in [-0.2, -0.15) is 0 Å². The van der Waals surface area contributed by atoms with Gasteiger partial charge in [-0.25, -0.2) is 0 Å². The van der Waals surface area contributed by atoms with E-state index >= 15 is 0 Å². The number of aromatic hydroxyl groups is 1. The Morgan fingerprint density at radius 3 is 2.63 bits per heavy atom. The Labute approximate surface area is 200 Å². The van der Waals surface area contributed by atoms with Crippen molar-refractivity contribution in [1.29, 1.82) is 0 Å². The molecule has 1 N–H and O–H groups in total. The van der Waals surface area contributed by atoms with Crippen molar-refractivity contribution in [2.75, 3.05) is 26.3 Å². The van der Waals surface area contributed by atoms with E-state index in [9.17, 15) is 14.7 Å². The number of ether oxygens (including phenoxy) is 1. The Morgan fingerprint density at radius 1 is 1.03 bits per heavy atom. The Morgan fingerprint density at radius 2 is 1.83 bits per heavy atom. The van der Waals surface area contributed by atoms with Gasteiger partial charge in [0.15, 0.2) is 5.43 Å². The quantitative estimate of drug-likeness (QED) is 0.483. The molecule has 1 aliphatic heterocycles. The number of hydrogen-bond acceptors (Lipinski definition) is 6. The van der Waals surface area contributed by atoms with Crippen LogP contribution in [0.15, 0.2) is 76.1 Å². The maximum atomic E-state index is 13.8. The molecule has 2 aliphatic rings. The van der Waals surface area contributed by atoms with Crippen LogP contribution in [-0.4, -0.2) is 47.2 Å². The summed E-state index contributed by atoms with van der Waals surface area (Å²) in [4.78, 5) is 33.9. The first-order chi connectivity index (χ1) is 17.1. The molecule has 3 heterocycles. The molecular formula is C28H22N2O5. The van der Waals surface area contributed by atoms with Crippen LogP contribution in [0.4, 0.5) is 0 Å². The summed E-state index contributed by atoms with van der Waals surface area (Å²) < 4.78 is 11.8.